The first kappa shape index (κ1) is 16.6. The summed E-state index contributed by atoms with van der Waals surface area (Å²) in [7, 11) is 0. The molecular weight excluding hydrogens is 302 g/mol. The molecule has 118 valence electrons. The summed E-state index contributed by atoms with van der Waals surface area (Å²) in [6, 6.07) is 7.48. The molecule has 0 bridgehead atoms. The van der Waals surface area contributed by atoms with Crippen LogP contribution in [0.4, 0.5) is 0 Å². The second-order valence-electron chi connectivity index (χ2n) is 5.36. The van der Waals surface area contributed by atoms with Crippen LogP contribution in [0.15, 0.2) is 36.4 Å². The third-order valence-electron chi connectivity index (χ3n) is 3.55. The lowest BCUT2D eigenvalue weighted by atomic mass is 10.1. The van der Waals surface area contributed by atoms with Crippen molar-refractivity contribution in [2.24, 2.45) is 5.92 Å². The number of hydrogen-bond acceptors (Lipinski definition) is 3. The van der Waals surface area contributed by atoms with Crippen LogP contribution >= 0.6 is 11.6 Å². The summed E-state index contributed by atoms with van der Waals surface area (Å²) >= 11 is 5.81. The minimum absolute atomic E-state index is 0.212. The fraction of sp³-hybridized carbons (Fsp3) is 0.412. The van der Waals surface area contributed by atoms with Gasteiger partial charge in [0.2, 0.25) is 0 Å². The summed E-state index contributed by atoms with van der Waals surface area (Å²) < 4.78 is 4.98. The summed E-state index contributed by atoms with van der Waals surface area (Å²) in [6.45, 7) is 0.291. The molecule has 1 aromatic carbocycles. The third kappa shape index (κ3) is 5.90. The second kappa shape index (κ2) is 8.59. The number of esters is 1. The molecule has 0 unspecified atom stereocenters. The Hall–Kier alpha value is -1.81. The Balaban J connectivity index is 1.58. The highest BCUT2D eigenvalue weighted by molar-refractivity contribution is 6.30. The Morgan fingerprint density at radius 3 is 2.73 bits per heavy atom. The van der Waals surface area contributed by atoms with E-state index in [1.165, 1.54) is 0 Å². The number of nitrogens with one attached hydrogen (secondary N) is 1. The van der Waals surface area contributed by atoms with E-state index in [9.17, 15) is 9.59 Å². The lowest BCUT2D eigenvalue weighted by Crippen LogP contribution is -2.30. The van der Waals surface area contributed by atoms with Crippen molar-refractivity contribution < 1.29 is 14.3 Å². The number of carbonyl (C=O) groups is 2. The molecular formula is C17H20ClNO3. The highest BCUT2D eigenvalue weighted by Crippen LogP contribution is 2.20. The van der Waals surface area contributed by atoms with Crippen LogP contribution in [0.3, 0.4) is 0 Å². The van der Waals surface area contributed by atoms with E-state index in [0.717, 1.165) is 18.4 Å². The van der Waals surface area contributed by atoms with E-state index in [0.29, 0.717) is 24.4 Å². The number of allylic oxidation sites excluding steroid dienone is 2. The van der Waals surface area contributed by atoms with Gasteiger partial charge in [0, 0.05) is 11.6 Å². The lowest BCUT2D eigenvalue weighted by Gasteiger charge is -2.09. The molecule has 0 heterocycles. The van der Waals surface area contributed by atoms with Crippen LogP contribution in [0.5, 0.6) is 0 Å². The Labute approximate surface area is 135 Å². The molecule has 1 atom stereocenters. The van der Waals surface area contributed by atoms with Crippen LogP contribution in [-0.4, -0.2) is 25.0 Å². The molecule has 1 aliphatic carbocycles. The number of amides is 1. The van der Waals surface area contributed by atoms with Gasteiger partial charge < -0.3 is 10.1 Å². The van der Waals surface area contributed by atoms with E-state index in [1.54, 1.807) is 0 Å². The first-order valence-corrected chi connectivity index (χ1v) is 7.84. The molecule has 0 radical (unpaired) electrons. The van der Waals surface area contributed by atoms with Crippen molar-refractivity contribution in [3.63, 3.8) is 0 Å². The number of hydrogen-bond donors (Lipinski definition) is 1. The zero-order valence-corrected chi connectivity index (χ0v) is 13.1. The first-order chi connectivity index (χ1) is 10.6. The summed E-state index contributed by atoms with van der Waals surface area (Å²) in [6.07, 6.45) is 7.18. The van der Waals surface area contributed by atoms with Crippen LogP contribution in [-0.2, 0) is 20.7 Å². The van der Waals surface area contributed by atoms with Gasteiger partial charge in [-0.05, 0) is 42.9 Å². The monoisotopic (exact) mass is 321 g/mol. The number of halogens is 1. The first-order valence-electron chi connectivity index (χ1n) is 7.47. The van der Waals surface area contributed by atoms with E-state index in [1.807, 2.05) is 30.3 Å². The molecule has 2 rings (SSSR count). The molecule has 0 aromatic heterocycles. The molecule has 1 amide bonds. The van der Waals surface area contributed by atoms with Gasteiger partial charge in [-0.15, -0.1) is 0 Å². The Bertz CT molecular complexity index is 539. The summed E-state index contributed by atoms with van der Waals surface area (Å²) in [5.41, 5.74) is 1.09. The molecule has 4 nitrogen and oxygen atoms in total. The van der Waals surface area contributed by atoms with Gasteiger partial charge in [-0.2, -0.15) is 0 Å². The summed E-state index contributed by atoms with van der Waals surface area (Å²) in [4.78, 5) is 23.2. The van der Waals surface area contributed by atoms with Gasteiger partial charge in [-0.25, -0.2) is 0 Å². The smallest absolute Gasteiger partial charge is 0.306 e. The van der Waals surface area contributed by atoms with Crippen molar-refractivity contribution in [3.05, 3.63) is 47.0 Å². The SMILES string of the molecule is O=C(COC(=O)C[C@@H]1C=CCC1)NCCc1ccc(Cl)cc1. The number of carbonyl (C=O) groups excluding carboxylic acids is 2. The minimum Gasteiger partial charge on any atom is -0.456 e. The predicted octanol–water partition coefficient (Wildman–Crippen LogP) is 2.90. The molecule has 22 heavy (non-hydrogen) atoms. The highest BCUT2D eigenvalue weighted by atomic mass is 35.5. The fourth-order valence-corrected chi connectivity index (χ4v) is 2.46. The molecule has 0 saturated carbocycles. The molecule has 0 saturated heterocycles. The van der Waals surface area contributed by atoms with Crippen molar-refractivity contribution >= 4 is 23.5 Å². The minimum atomic E-state index is -0.315. The average molecular weight is 322 g/mol. The number of ether oxygens (including phenoxy) is 1. The van der Waals surface area contributed by atoms with Crippen LogP contribution in [0.25, 0.3) is 0 Å². The van der Waals surface area contributed by atoms with Gasteiger partial charge >= 0.3 is 5.97 Å². The van der Waals surface area contributed by atoms with E-state index < -0.39 is 0 Å². The van der Waals surface area contributed by atoms with E-state index in [2.05, 4.69) is 11.4 Å². The second-order valence-corrected chi connectivity index (χ2v) is 5.79. The normalized spacial score (nSPS) is 16.5. The lowest BCUT2D eigenvalue weighted by molar-refractivity contribution is -0.149. The molecule has 0 spiro atoms. The topological polar surface area (TPSA) is 55.4 Å². The average Bonchev–Trinajstić information content (AvgIpc) is 3.00. The molecule has 1 aromatic rings. The van der Waals surface area contributed by atoms with Crippen molar-refractivity contribution in [2.45, 2.75) is 25.7 Å². The maximum Gasteiger partial charge on any atom is 0.306 e. The Morgan fingerprint density at radius 1 is 1.27 bits per heavy atom. The Kier molecular flexibility index (Phi) is 6.46. The molecule has 5 heteroatoms. The van der Waals surface area contributed by atoms with Gasteiger partial charge in [0.25, 0.3) is 5.91 Å². The largest absolute Gasteiger partial charge is 0.456 e. The van der Waals surface area contributed by atoms with Crippen LogP contribution in [0.2, 0.25) is 5.02 Å². The van der Waals surface area contributed by atoms with E-state index in [4.69, 9.17) is 16.3 Å². The fourth-order valence-electron chi connectivity index (χ4n) is 2.33. The zero-order valence-electron chi connectivity index (χ0n) is 12.4. The number of benzene rings is 1. The van der Waals surface area contributed by atoms with Gasteiger partial charge in [0.1, 0.15) is 0 Å². The molecule has 1 N–H and O–H groups in total. The predicted molar refractivity (Wildman–Crippen MR) is 85.6 cm³/mol. The molecule has 0 aliphatic heterocycles. The van der Waals surface area contributed by atoms with Crippen LogP contribution in [0, 0.1) is 5.92 Å². The van der Waals surface area contributed by atoms with Crippen molar-refractivity contribution in [3.8, 4) is 0 Å². The highest BCUT2D eigenvalue weighted by Gasteiger charge is 2.15. The quantitative estimate of drug-likeness (QED) is 0.620. The van der Waals surface area contributed by atoms with Crippen LogP contribution < -0.4 is 5.32 Å². The molecule has 1 aliphatic rings. The summed E-state index contributed by atoms with van der Waals surface area (Å²) in [5.74, 6) is -0.325. The summed E-state index contributed by atoms with van der Waals surface area (Å²) in [5, 5.41) is 3.42. The van der Waals surface area contributed by atoms with E-state index in [-0.39, 0.29) is 24.4 Å². The zero-order chi connectivity index (χ0) is 15.8. The van der Waals surface area contributed by atoms with Gasteiger partial charge in [0.15, 0.2) is 6.61 Å². The van der Waals surface area contributed by atoms with Crippen molar-refractivity contribution in [1.82, 2.24) is 5.32 Å². The standard InChI is InChI=1S/C17H20ClNO3/c18-15-7-5-13(6-8-15)9-10-19-16(20)12-22-17(21)11-14-3-1-2-4-14/h1,3,5-8,14H,2,4,9-12H2,(H,19,20)/t14-/m1/s1. The van der Waals surface area contributed by atoms with Gasteiger partial charge in [-0.3, -0.25) is 9.59 Å². The van der Waals surface area contributed by atoms with Crippen molar-refractivity contribution in [2.75, 3.05) is 13.2 Å². The maximum atomic E-state index is 11.6. The van der Waals surface area contributed by atoms with E-state index >= 15 is 0 Å². The Morgan fingerprint density at radius 2 is 2.05 bits per heavy atom. The molecule has 0 fully saturated rings. The van der Waals surface area contributed by atoms with Gasteiger partial charge in [0.05, 0.1) is 6.42 Å². The van der Waals surface area contributed by atoms with Crippen LogP contribution in [0.1, 0.15) is 24.8 Å². The van der Waals surface area contributed by atoms with Gasteiger partial charge in [-0.1, -0.05) is 35.9 Å². The van der Waals surface area contributed by atoms with Crippen molar-refractivity contribution in [1.29, 1.82) is 0 Å². The number of rotatable bonds is 7. The maximum absolute atomic E-state index is 11.6. The third-order valence-corrected chi connectivity index (χ3v) is 3.81.